The molecule has 8 heteroatoms. The summed E-state index contributed by atoms with van der Waals surface area (Å²) in [6.07, 6.45) is 0. The molecule has 2 atom stereocenters. The molecule has 1 aromatic carbocycles. The Morgan fingerprint density at radius 2 is 0.958 bits per heavy atom. The molecule has 0 aromatic heterocycles. The van der Waals surface area contributed by atoms with Gasteiger partial charge < -0.3 is 28.4 Å². The largest absolute Gasteiger partial charge is 0.380 e. The minimum atomic E-state index is -1.05. The summed E-state index contributed by atoms with van der Waals surface area (Å²) in [5, 5.41) is 0. The molecular formula is C16H30O6Si2. The molecule has 0 aliphatic carbocycles. The quantitative estimate of drug-likeness (QED) is 0.397. The normalized spacial score (nSPS) is 15.6. The smallest absolute Gasteiger partial charge is 0.217 e. The standard InChI is InChI=1S/C16H30O6Si2/c1-17-13(23)15(19-3,20-4)11-9-7-8-10-12(11)16(21-5,22-6)14(24)18-2/h7-10,13-14H,1-6,23-24H3. The SMILES string of the molecule is COC([SiH3])C(OC)(OC)c1ccccc1C(OC)(OC)C([SiH3])OC. The van der Waals surface area contributed by atoms with Crippen molar-refractivity contribution in [3.63, 3.8) is 0 Å². The molecule has 0 aliphatic rings. The summed E-state index contributed by atoms with van der Waals surface area (Å²) in [5.74, 6) is -2.09. The fourth-order valence-corrected chi connectivity index (χ4v) is 4.67. The Kier molecular flexibility index (Phi) is 8.23. The Morgan fingerprint density at radius 3 is 1.17 bits per heavy atom. The lowest BCUT2D eigenvalue weighted by atomic mass is 9.93. The van der Waals surface area contributed by atoms with Gasteiger partial charge in [0.2, 0.25) is 11.6 Å². The van der Waals surface area contributed by atoms with Gasteiger partial charge in [0.05, 0.1) is 11.5 Å². The predicted molar refractivity (Wildman–Crippen MR) is 99.3 cm³/mol. The van der Waals surface area contributed by atoms with Crippen molar-refractivity contribution in [2.45, 2.75) is 23.0 Å². The van der Waals surface area contributed by atoms with E-state index in [9.17, 15) is 0 Å². The zero-order valence-corrected chi connectivity index (χ0v) is 19.9. The van der Waals surface area contributed by atoms with Crippen LogP contribution < -0.4 is 0 Å². The first-order chi connectivity index (χ1) is 11.4. The van der Waals surface area contributed by atoms with Gasteiger partial charge in [0.25, 0.3) is 0 Å². The Bertz CT molecular complexity index is 460. The Hall–Kier alpha value is -0.586. The lowest BCUT2D eigenvalue weighted by Crippen LogP contribution is -2.50. The third-order valence-corrected chi connectivity index (χ3v) is 7.13. The molecule has 0 saturated heterocycles. The van der Waals surface area contributed by atoms with E-state index in [1.54, 1.807) is 42.7 Å². The van der Waals surface area contributed by atoms with Crippen LogP contribution >= 0.6 is 0 Å². The van der Waals surface area contributed by atoms with E-state index in [1.807, 2.05) is 24.3 Å². The Labute approximate surface area is 150 Å². The van der Waals surface area contributed by atoms with Gasteiger partial charge in [-0.3, -0.25) is 0 Å². The van der Waals surface area contributed by atoms with Gasteiger partial charge in [-0.2, -0.15) is 0 Å². The van der Waals surface area contributed by atoms with Crippen molar-refractivity contribution >= 4 is 20.5 Å². The number of benzene rings is 1. The summed E-state index contributed by atoms with van der Waals surface area (Å²) in [6.45, 7) is 0. The fraction of sp³-hybridized carbons (Fsp3) is 0.625. The zero-order valence-electron chi connectivity index (χ0n) is 15.9. The van der Waals surface area contributed by atoms with Gasteiger partial charge in [-0.1, -0.05) is 24.3 Å². The molecule has 0 N–H and O–H groups in total. The average molecular weight is 375 g/mol. The van der Waals surface area contributed by atoms with Crippen LogP contribution in [0.15, 0.2) is 24.3 Å². The van der Waals surface area contributed by atoms with Crippen molar-refractivity contribution in [2.24, 2.45) is 0 Å². The van der Waals surface area contributed by atoms with Gasteiger partial charge in [0, 0.05) is 74.3 Å². The van der Waals surface area contributed by atoms with Gasteiger partial charge in [-0.25, -0.2) is 0 Å². The molecule has 0 amide bonds. The van der Waals surface area contributed by atoms with Crippen LogP contribution in [-0.2, 0) is 40.0 Å². The molecule has 0 bridgehead atoms. The predicted octanol–water partition coefficient (Wildman–Crippen LogP) is -0.746. The highest BCUT2D eigenvalue weighted by atomic mass is 28.1. The maximum Gasteiger partial charge on any atom is 0.217 e. The van der Waals surface area contributed by atoms with Crippen molar-refractivity contribution in [1.29, 1.82) is 0 Å². The van der Waals surface area contributed by atoms with Crippen LogP contribution in [0, 0.1) is 0 Å². The molecule has 2 unspecified atom stereocenters. The number of methoxy groups -OCH3 is 6. The monoisotopic (exact) mass is 374 g/mol. The van der Waals surface area contributed by atoms with Crippen molar-refractivity contribution in [3.8, 4) is 0 Å². The van der Waals surface area contributed by atoms with Gasteiger partial charge >= 0.3 is 0 Å². The van der Waals surface area contributed by atoms with Crippen LogP contribution in [0.3, 0.4) is 0 Å². The number of ether oxygens (including phenoxy) is 6. The first kappa shape index (κ1) is 21.5. The third-order valence-electron chi connectivity index (χ3n) is 4.67. The molecule has 6 nitrogen and oxygen atoms in total. The lowest BCUT2D eigenvalue weighted by molar-refractivity contribution is -0.271. The maximum atomic E-state index is 5.81. The summed E-state index contributed by atoms with van der Waals surface area (Å²) in [5.41, 5.74) is 1.15. The molecule has 0 radical (unpaired) electrons. The summed E-state index contributed by atoms with van der Waals surface area (Å²) in [7, 11) is 11.2. The molecule has 1 rings (SSSR count). The molecule has 0 fully saturated rings. The summed E-state index contributed by atoms with van der Waals surface area (Å²) < 4.78 is 34.4. The number of hydrogen-bond donors (Lipinski definition) is 0. The molecule has 0 heterocycles. The van der Waals surface area contributed by atoms with Crippen LogP contribution in [0.2, 0.25) is 0 Å². The van der Waals surface area contributed by atoms with Crippen LogP contribution in [0.25, 0.3) is 0 Å². The van der Waals surface area contributed by atoms with Crippen LogP contribution in [0.4, 0.5) is 0 Å². The van der Waals surface area contributed by atoms with Crippen LogP contribution in [0.5, 0.6) is 0 Å². The molecule has 0 aliphatic heterocycles. The average Bonchev–Trinajstić information content (AvgIpc) is 2.65. The topological polar surface area (TPSA) is 55.4 Å². The fourth-order valence-electron chi connectivity index (χ4n) is 3.11. The Balaban J connectivity index is 3.69. The van der Waals surface area contributed by atoms with Gasteiger partial charge in [-0.15, -0.1) is 0 Å². The minimum absolute atomic E-state index is 0.227. The van der Waals surface area contributed by atoms with E-state index in [4.69, 9.17) is 28.4 Å². The van der Waals surface area contributed by atoms with E-state index in [1.165, 1.54) is 0 Å². The molecule has 1 aromatic rings. The van der Waals surface area contributed by atoms with E-state index in [2.05, 4.69) is 0 Å². The van der Waals surface area contributed by atoms with Gasteiger partial charge in [0.15, 0.2) is 0 Å². The lowest BCUT2D eigenvalue weighted by Gasteiger charge is -2.42. The highest BCUT2D eigenvalue weighted by molar-refractivity contribution is 6.12. The highest BCUT2D eigenvalue weighted by Crippen LogP contribution is 2.40. The van der Waals surface area contributed by atoms with E-state index < -0.39 is 11.6 Å². The third kappa shape index (κ3) is 3.51. The summed E-state index contributed by atoms with van der Waals surface area (Å²) in [6, 6.07) is 7.76. The van der Waals surface area contributed by atoms with Crippen molar-refractivity contribution in [2.75, 3.05) is 42.7 Å². The second-order valence-electron chi connectivity index (χ2n) is 5.45. The molecular weight excluding hydrogens is 344 g/mol. The van der Waals surface area contributed by atoms with Crippen molar-refractivity contribution in [3.05, 3.63) is 35.4 Å². The number of hydrogen-bond acceptors (Lipinski definition) is 6. The van der Waals surface area contributed by atoms with Crippen LogP contribution in [0.1, 0.15) is 11.1 Å². The minimum Gasteiger partial charge on any atom is -0.380 e. The van der Waals surface area contributed by atoms with Crippen molar-refractivity contribution in [1.82, 2.24) is 0 Å². The van der Waals surface area contributed by atoms with Crippen molar-refractivity contribution < 1.29 is 28.4 Å². The van der Waals surface area contributed by atoms with E-state index in [-0.39, 0.29) is 11.5 Å². The summed E-state index contributed by atoms with van der Waals surface area (Å²) >= 11 is 0. The second-order valence-corrected chi connectivity index (χ2v) is 7.55. The van der Waals surface area contributed by atoms with E-state index >= 15 is 0 Å². The van der Waals surface area contributed by atoms with Crippen LogP contribution in [-0.4, -0.2) is 74.6 Å². The van der Waals surface area contributed by atoms with E-state index in [0.29, 0.717) is 20.5 Å². The van der Waals surface area contributed by atoms with Gasteiger partial charge in [0.1, 0.15) is 0 Å². The Morgan fingerprint density at radius 1 is 0.667 bits per heavy atom. The molecule has 0 spiro atoms. The molecule has 24 heavy (non-hydrogen) atoms. The highest BCUT2D eigenvalue weighted by Gasteiger charge is 2.48. The van der Waals surface area contributed by atoms with E-state index in [0.717, 1.165) is 11.1 Å². The first-order valence-electron chi connectivity index (χ1n) is 7.80. The maximum absolute atomic E-state index is 5.81. The summed E-state index contributed by atoms with van der Waals surface area (Å²) in [4.78, 5) is 0. The zero-order chi connectivity index (χ0) is 18.4. The first-order valence-corrected chi connectivity index (χ1v) is 10.1. The number of rotatable bonds is 10. The second kappa shape index (κ2) is 9.21. The van der Waals surface area contributed by atoms with Gasteiger partial charge in [-0.05, 0) is 0 Å². The molecule has 138 valence electrons. The molecule has 0 saturated carbocycles.